The summed E-state index contributed by atoms with van der Waals surface area (Å²) in [6.07, 6.45) is 0. The van der Waals surface area contributed by atoms with Crippen LogP contribution in [0.3, 0.4) is 0 Å². The van der Waals surface area contributed by atoms with E-state index in [1.54, 1.807) is 21.0 Å². The number of hydrogen-bond acceptors (Lipinski definition) is 3. The van der Waals surface area contributed by atoms with E-state index in [4.69, 9.17) is 5.73 Å². The molecule has 0 fully saturated rings. The van der Waals surface area contributed by atoms with E-state index >= 15 is 0 Å². The molecule has 1 amide bonds. The van der Waals surface area contributed by atoms with Gasteiger partial charge in [-0.1, -0.05) is 6.07 Å². The first-order valence-electron chi connectivity index (χ1n) is 6.29. The van der Waals surface area contributed by atoms with E-state index in [-0.39, 0.29) is 18.1 Å². The van der Waals surface area contributed by atoms with E-state index in [0.29, 0.717) is 16.9 Å². The number of amides is 1. The van der Waals surface area contributed by atoms with Gasteiger partial charge in [-0.05, 0) is 24.6 Å². The van der Waals surface area contributed by atoms with Crippen molar-refractivity contribution in [1.29, 1.82) is 0 Å². The Morgan fingerprint density at radius 3 is 2.57 bits per heavy atom. The topological polar surface area (TPSA) is 64.2 Å². The molecule has 0 saturated heterocycles. The van der Waals surface area contributed by atoms with Gasteiger partial charge in [-0.3, -0.25) is 9.48 Å². The van der Waals surface area contributed by atoms with Crippen LogP contribution >= 0.6 is 0 Å². The molecule has 2 N–H and O–H groups in total. The number of aromatic nitrogens is 2. The van der Waals surface area contributed by atoms with Gasteiger partial charge in [-0.25, -0.2) is 8.78 Å². The fourth-order valence-electron chi connectivity index (χ4n) is 2.09. The Kier molecular flexibility index (Phi) is 3.93. The third kappa shape index (κ3) is 2.86. The number of nitrogens with two attached hydrogens (primary N) is 1. The lowest BCUT2D eigenvalue weighted by atomic mass is 10.2. The molecule has 0 aliphatic rings. The predicted molar refractivity (Wildman–Crippen MR) is 74.5 cm³/mol. The second-order valence-corrected chi connectivity index (χ2v) is 4.88. The monoisotopic (exact) mass is 294 g/mol. The van der Waals surface area contributed by atoms with E-state index in [9.17, 15) is 13.6 Å². The minimum absolute atomic E-state index is 0.139. The molecule has 5 nitrogen and oxygen atoms in total. The van der Waals surface area contributed by atoms with Gasteiger partial charge >= 0.3 is 0 Å². The summed E-state index contributed by atoms with van der Waals surface area (Å²) in [6.45, 7) is 1.85. The molecule has 7 heteroatoms. The molecule has 0 radical (unpaired) electrons. The van der Waals surface area contributed by atoms with Crippen molar-refractivity contribution in [3.05, 3.63) is 46.8 Å². The number of anilines is 1. The highest BCUT2D eigenvalue weighted by atomic mass is 19.2. The first-order valence-corrected chi connectivity index (χ1v) is 6.29. The van der Waals surface area contributed by atoms with Crippen molar-refractivity contribution >= 4 is 11.6 Å². The van der Waals surface area contributed by atoms with Crippen LogP contribution in [0, 0.1) is 18.6 Å². The third-order valence-electron chi connectivity index (χ3n) is 3.22. The molecule has 112 valence electrons. The number of rotatable bonds is 3. The number of nitrogens with zero attached hydrogens (tertiary/aromatic N) is 3. The van der Waals surface area contributed by atoms with Crippen LogP contribution in [0.25, 0.3) is 0 Å². The number of nitrogen functional groups attached to an aromatic ring is 1. The fraction of sp³-hybridized carbons (Fsp3) is 0.286. The van der Waals surface area contributed by atoms with Crippen LogP contribution in [0.1, 0.15) is 21.7 Å². The largest absolute Gasteiger partial charge is 0.395 e. The van der Waals surface area contributed by atoms with Crippen LogP contribution in [0.5, 0.6) is 0 Å². The van der Waals surface area contributed by atoms with Gasteiger partial charge in [0, 0.05) is 20.6 Å². The Morgan fingerprint density at radius 2 is 2.05 bits per heavy atom. The molecule has 1 aromatic heterocycles. The number of aryl methyl sites for hydroxylation is 2. The lowest BCUT2D eigenvalue weighted by Gasteiger charge is -2.17. The van der Waals surface area contributed by atoms with E-state index in [2.05, 4.69) is 5.10 Å². The molecule has 0 unspecified atom stereocenters. The van der Waals surface area contributed by atoms with Crippen LogP contribution in [-0.2, 0) is 13.6 Å². The standard InChI is InChI=1S/C14H16F2N4O/c1-8-12(17)13(20(3)18-8)14(21)19(2)7-9-4-5-10(15)11(16)6-9/h4-6H,7,17H2,1-3H3. The van der Waals surface area contributed by atoms with Crippen LogP contribution in [-0.4, -0.2) is 27.6 Å². The highest BCUT2D eigenvalue weighted by Crippen LogP contribution is 2.18. The van der Waals surface area contributed by atoms with Crippen molar-refractivity contribution in [3.8, 4) is 0 Å². The highest BCUT2D eigenvalue weighted by molar-refractivity contribution is 5.97. The zero-order valence-corrected chi connectivity index (χ0v) is 12.0. The average Bonchev–Trinajstić information content (AvgIpc) is 2.67. The lowest BCUT2D eigenvalue weighted by molar-refractivity contribution is 0.0775. The molecular formula is C14H16F2N4O. The molecule has 21 heavy (non-hydrogen) atoms. The summed E-state index contributed by atoms with van der Waals surface area (Å²) < 4.78 is 27.5. The van der Waals surface area contributed by atoms with Gasteiger partial charge in [-0.2, -0.15) is 5.10 Å². The summed E-state index contributed by atoms with van der Waals surface area (Å²) in [5.41, 5.74) is 7.49. The molecule has 2 rings (SSSR count). The van der Waals surface area contributed by atoms with Crippen molar-refractivity contribution in [2.75, 3.05) is 12.8 Å². The van der Waals surface area contributed by atoms with Crippen molar-refractivity contribution in [2.45, 2.75) is 13.5 Å². The molecule has 0 aliphatic carbocycles. The minimum Gasteiger partial charge on any atom is -0.395 e. The molecule has 2 aromatic rings. The van der Waals surface area contributed by atoms with Gasteiger partial charge in [0.1, 0.15) is 5.69 Å². The van der Waals surface area contributed by atoms with Crippen LogP contribution in [0.2, 0.25) is 0 Å². The molecular weight excluding hydrogens is 278 g/mol. The summed E-state index contributed by atoms with van der Waals surface area (Å²) in [4.78, 5) is 13.7. The van der Waals surface area contributed by atoms with Gasteiger partial charge in [-0.15, -0.1) is 0 Å². The second-order valence-electron chi connectivity index (χ2n) is 4.88. The smallest absolute Gasteiger partial charge is 0.274 e. The highest BCUT2D eigenvalue weighted by Gasteiger charge is 2.21. The molecule has 1 heterocycles. The molecule has 1 aromatic carbocycles. The van der Waals surface area contributed by atoms with E-state index < -0.39 is 11.6 Å². The van der Waals surface area contributed by atoms with Crippen molar-refractivity contribution in [1.82, 2.24) is 14.7 Å². The van der Waals surface area contributed by atoms with E-state index in [1.807, 2.05) is 0 Å². The number of hydrogen-bond donors (Lipinski definition) is 1. The normalized spacial score (nSPS) is 10.7. The minimum atomic E-state index is -0.941. The summed E-state index contributed by atoms with van der Waals surface area (Å²) in [5, 5.41) is 4.08. The Labute approximate surface area is 121 Å². The number of carbonyl (C=O) groups excluding carboxylic acids is 1. The Morgan fingerprint density at radius 1 is 1.38 bits per heavy atom. The maximum Gasteiger partial charge on any atom is 0.274 e. The Bertz CT molecular complexity index is 697. The molecule has 0 atom stereocenters. The number of benzene rings is 1. The predicted octanol–water partition coefficient (Wildman–Crippen LogP) is 1.86. The fourth-order valence-corrected chi connectivity index (χ4v) is 2.09. The Hall–Kier alpha value is -2.44. The average molecular weight is 294 g/mol. The molecule has 0 spiro atoms. The van der Waals surface area contributed by atoms with Crippen molar-refractivity contribution < 1.29 is 13.6 Å². The Balaban J connectivity index is 2.21. The quantitative estimate of drug-likeness (QED) is 0.939. The summed E-state index contributed by atoms with van der Waals surface area (Å²) in [5.74, 6) is -2.19. The number of halogens is 2. The van der Waals surface area contributed by atoms with Gasteiger partial charge in [0.2, 0.25) is 0 Å². The molecule has 0 aliphatic heterocycles. The van der Waals surface area contributed by atoms with Gasteiger partial charge in [0.05, 0.1) is 11.4 Å². The van der Waals surface area contributed by atoms with Gasteiger partial charge in [0.15, 0.2) is 11.6 Å². The SMILES string of the molecule is Cc1nn(C)c(C(=O)N(C)Cc2ccc(F)c(F)c2)c1N. The van der Waals surface area contributed by atoms with Crippen LogP contribution in [0.4, 0.5) is 14.5 Å². The molecule has 0 saturated carbocycles. The maximum absolute atomic E-state index is 13.2. The second kappa shape index (κ2) is 5.51. The summed E-state index contributed by atoms with van der Waals surface area (Å²) >= 11 is 0. The van der Waals surface area contributed by atoms with Crippen LogP contribution in [0.15, 0.2) is 18.2 Å². The summed E-state index contributed by atoms with van der Waals surface area (Å²) in [6, 6.07) is 3.53. The van der Waals surface area contributed by atoms with Gasteiger partial charge in [0.25, 0.3) is 5.91 Å². The number of carbonyl (C=O) groups is 1. The first kappa shape index (κ1) is 15.0. The van der Waals surface area contributed by atoms with Crippen molar-refractivity contribution in [2.24, 2.45) is 7.05 Å². The van der Waals surface area contributed by atoms with Crippen molar-refractivity contribution in [3.63, 3.8) is 0 Å². The van der Waals surface area contributed by atoms with Crippen LogP contribution < -0.4 is 5.73 Å². The zero-order chi connectivity index (χ0) is 15.7. The lowest BCUT2D eigenvalue weighted by Crippen LogP contribution is -2.28. The van der Waals surface area contributed by atoms with Gasteiger partial charge < -0.3 is 10.6 Å². The molecule has 0 bridgehead atoms. The van der Waals surface area contributed by atoms with E-state index in [1.165, 1.54) is 15.6 Å². The first-order chi connectivity index (χ1) is 9.81. The third-order valence-corrected chi connectivity index (χ3v) is 3.22. The van der Waals surface area contributed by atoms with E-state index in [0.717, 1.165) is 12.1 Å². The summed E-state index contributed by atoms with van der Waals surface area (Å²) in [7, 11) is 3.19. The maximum atomic E-state index is 13.2. The zero-order valence-electron chi connectivity index (χ0n) is 12.0.